The number of imide groups is 1. The van der Waals surface area contributed by atoms with Gasteiger partial charge in [-0.1, -0.05) is 37.1 Å². The highest BCUT2D eigenvalue weighted by molar-refractivity contribution is 7.91. The first-order valence-corrected chi connectivity index (χ1v) is 14.6. The molecule has 1 saturated heterocycles. The van der Waals surface area contributed by atoms with Crippen molar-refractivity contribution < 1.29 is 32.3 Å². The fraction of sp³-hybridized carbons (Fsp3) is 0.481. The van der Waals surface area contributed by atoms with E-state index in [0.29, 0.717) is 22.9 Å². The summed E-state index contributed by atoms with van der Waals surface area (Å²) in [6.07, 6.45) is 4.18. The second-order valence-corrected chi connectivity index (χ2v) is 12.3. The zero-order valence-corrected chi connectivity index (χ0v) is 21.4. The van der Waals surface area contributed by atoms with Crippen molar-refractivity contribution in [1.82, 2.24) is 9.80 Å². The van der Waals surface area contributed by atoms with Crippen LogP contribution in [0.2, 0.25) is 0 Å². The van der Waals surface area contributed by atoms with Crippen molar-refractivity contribution in [3.8, 4) is 0 Å². The van der Waals surface area contributed by atoms with Crippen molar-refractivity contribution in [2.45, 2.75) is 57.0 Å². The molecule has 3 amide bonds. The highest BCUT2D eigenvalue weighted by atomic mass is 32.2. The summed E-state index contributed by atoms with van der Waals surface area (Å²) in [4.78, 5) is 54.1. The van der Waals surface area contributed by atoms with Crippen molar-refractivity contribution in [2.24, 2.45) is 0 Å². The van der Waals surface area contributed by atoms with Gasteiger partial charge in [0, 0.05) is 41.6 Å². The van der Waals surface area contributed by atoms with Gasteiger partial charge in [-0.25, -0.2) is 8.42 Å². The summed E-state index contributed by atoms with van der Waals surface area (Å²) in [6, 6.07) is 10.3. The van der Waals surface area contributed by atoms with E-state index in [-0.39, 0.29) is 48.9 Å². The number of nitrogens with zero attached hydrogens (tertiary/aromatic N) is 2. The number of amides is 3. The van der Waals surface area contributed by atoms with E-state index in [0.717, 1.165) is 36.0 Å². The van der Waals surface area contributed by atoms with Gasteiger partial charge in [0.15, 0.2) is 16.4 Å². The van der Waals surface area contributed by atoms with Crippen LogP contribution in [-0.2, 0) is 24.2 Å². The maximum Gasteiger partial charge on any atom is 0.306 e. The molecule has 2 heterocycles. The molecule has 0 aromatic heterocycles. The number of carbonyl (C=O) groups excluding carboxylic acids is 4. The van der Waals surface area contributed by atoms with Gasteiger partial charge in [-0.05, 0) is 43.2 Å². The molecule has 0 unspecified atom stereocenters. The number of esters is 1. The predicted octanol–water partition coefficient (Wildman–Crippen LogP) is 2.72. The molecule has 3 aliphatic rings. The monoisotopic (exact) mass is 526 g/mol. The van der Waals surface area contributed by atoms with Crippen molar-refractivity contribution in [3.63, 3.8) is 0 Å². The number of sulfone groups is 1. The van der Waals surface area contributed by atoms with Crippen LogP contribution in [0.5, 0.6) is 0 Å². The molecule has 2 aliphatic heterocycles. The summed E-state index contributed by atoms with van der Waals surface area (Å²) in [7, 11) is -3.16. The van der Waals surface area contributed by atoms with E-state index < -0.39 is 34.2 Å². The molecule has 2 aromatic rings. The number of carbonyl (C=O) groups is 4. The summed E-state index contributed by atoms with van der Waals surface area (Å²) in [6.45, 7) is -0.387. The SMILES string of the molecule is O=C(CCCN1C(=O)c2cccc3cccc(c23)C1=O)OCC(=O)N(C1CCCC1)[C@@H]1CCS(=O)(=O)C1. The second kappa shape index (κ2) is 10.2. The summed E-state index contributed by atoms with van der Waals surface area (Å²) >= 11 is 0. The van der Waals surface area contributed by atoms with Gasteiger partial charge >= 0.3 is 5.97 Å². The third-order valence-corrected chi connectivity index (χ3v) is 9.33. The molecule has 1 saturated carbocycles. The fourth-order valence-corrected chi connectivity index (χ4v) is 7.55. The second-order valence-electron chi connectivity index (χ2n) is 10.0. The van der Waals surface area contributed by atoms with Crippen LogP contribution < -0.4 is 0 Å². The Morgan fingerprint density at radius 3 is 2.19 bits per heavy atom. The minimum Gasteiger partial charge on any atom is -0.456 e. The normalized spacial score (nSPS) is 21.0. The third kappa shape index (κ3) is 5.12. The molecule has 0 spiro atoms. The van der Waals surface area contributed by atoms with Crippen LogP contribution in [0, 0.1) is 0 Å². The van der Waals surface area contributed by atoms with Crippen molar-refractivity contribution in [3.05, 3.63) is 47.5 Å². The van der Waals surface area contributed by atoms with E-state index in [4.69, 9.17) is 4.74 Å². The van der Waals surface area contributed by atoms with Crippen LogP contribution in [0.25, 0.3) is 10.8 Å². The molecule has 1 atom stereocenters. The van der Waals surface area contributed by atoms with Crippen molar-refractivity contribution >= 4 is 44.3 Å². The molecular formula is C27H30N2O7S. The standard InChI is InChI=1S/C27H30N2O7S/c30-23(29(19-8-1-2-9-19)20-13-15-37(34,35)17-20)16-36-24(31)12-5-14-28-26(32)21-10-3-6-18-7-4-11-22(25(18)21)27(28)33/h3-4,6-7,10-11,19-20H,1-2,5,8-9,12-17H2/t20-/m1/s1. The molecule has 2 fully saturated rings. The zero-order chi connectivity index (χ0) is 26.2. The van der Waals surface area contributed by atoms with Crippen molar-refractivity contribution in [1.29, 1.82) is 0 Å². The summed E-state index contributed by atoms with van der Waals surface area (Å²) < 4.78 is 29.2. The van der Waals surface area contributed by atoms with E-state index in [9.17, 15) is 27.6 Å². The molecule has 0 radical (unpaired) electrons. The van der Waals surface area contributed by atoms with Crippen LogP contribution in [-0.4, -0.2) is 78.6 Å². The average Bonchev–Trinajstić information content (AvgIpc) is 3.53. The average molecular weight is 527 g/mol. The van der Waals surface area contributed by atoms with E-state index in [1.807, 2.05) is 12.1 Å². The largest absolute Gasteiger partial charge is 0.456 e. The molecule has 0 N–H and O–H groups in total. The van der Waals surface area contributed by atoms with Gasteiger partial charge in [-0.2, -0.15) is 0 Å². The Labute approximate surface area is 215 Å². The maximum absolute atomic E-state index is 13.0. The van der Waals surface area contributed by atoms with E-state index in [1.54, 1.807) is 29.2 Å². The van der Waals surface area contributed by atoms with E-state index in [2.05, 4.69) is 0 Å². The van der Waals surface area contributed by atoms with E-state index in [1.165, 1.54) is 0 Å². The highest BCUT2D eigenvalue weighted by Crippen LogP contribution is 2.31. The topological polar surface area (TPSA) is 118 Å². The molecule has 10 heteroatoms. The van der Waals surface area contributed by atoms with Crippen LogP contribution in [0.15, 0.2) is 36.4 Å². The first-order chi connectivity index (χ1) is 17.7. The smallest absolute Gasteiger partial charge is 0.306 e. The number of hydrogen-bond donors (Lipinski definition) is 0. The van der Waals surface area contributed by atoms with Gasteiger partial charge < -0.3 is 9.64 Å². The Hall–Kier alpha value is -3.27. The van der Waals surface area contributed by atoms with Crippen LogP contribution in [0.3, 0.4) is 0 Å². The molecule has 196 valence electrons. The first kappa shape index (κ1) is 25.4. The molecule has 37 heavy (non-hydrogen) atoms. The van der Waals surface area contributed by atoms with Crippen LogP contribution >= 0.6 is 0 Å². The number of ether oxygens (including phenoxy) is 1. The van der Waals surface area contributed by atoms with E-state index >= 15 is 0 Å². The predicted molar refractivity (Wildman–Crippen MR) is 136 cm³/mol. The van der Waals surface area contributed by atoms with Gasteiger partial charge in [0.1, 0.15) is 0 Å². The molecule has 9 nitrogen and oxygen atoms in total. The minimum atomic E-state index is -3.16. The molecule has 0 bridgehead atoms. The maximum atomic E-state index is 13.0. The lowest BCUT2D eigenvalue weighted by molar-refractivity contribution is -0.154. The Bertz CT molecular complexity index is 1310. The Morgan fingerprint density at radius 2 is 1.59 bits per heavy atom. The van der Waals surface area contributed by atoms with Gasteiger partial charge in [-0.15, -0.1) is 0 Å². The Kier molecular flexibility index (Phi) is 7.02. The van der Waals surface area contributed by atoms with Gasteiger partial charge in [0.25, 0.3) is 17.7 Å². The molecule has 1 aliphatic carbocycles. The lowest BCUT2D eigenvalue weighted by atomic mass is 9.94. The third-order valence-electron chi connectivity index (χ3n) is 7.58. The lowest BCUT2D eigenvalue weighted by Crippen LogP contribution is -2.48. The number of hydrogen-bond acceptors (Lipinski definition) is 7. The van der Waals surface area contributed by atoms with Gasteiger partial charge in [0.2, 0.25) is 0 Å². The van der Waals surface area contributed by atoms with Gasteiger partial charge in [-0.3, -0.25) is 24.1 Å². The molecular weight excluding hydrogens is 496 g/mol. The number of rotatable bonds is 8. The molecule has 5 rings (SSSR count). The zero-order valence-electron chi connectivity index (χ0n) is 20.6. The van der Waals surface area contributed by atoms with Crippen molar-refractivity contribution in [2.75, 3.05) is 24.7 Å². The quantitative estimate of drug-likeness (QED) is 0.383. The summed E-state index contributed by atoms with van der Waals surface area (Å²) in [5.74, 6) is -1.72. The minimum absolute atomic E-state index is 0.0204. The number of benzene rings is 2. The fourth-order valence-electron chi connectivity index (χ4n) is 5.84. The summed E-state index contributed by atoms with van der Waals surface area (Å²) in [5, 5.41) is 1.47. The lowest BCUT2D eigenvalue weighted by Gasteiger charge is -2.33. The van der Waals surface area contributed by atoms with Crippen LogP contribution in [0.4, 0.5) is 0 Å². The Morgan fingerprint density at radius 1 is 0.946 bits per heavy atom. The van der Waals surface area contributed by atoms with Gasteiger partial charge in [0.05, 0.1) is 11.5 Å². The summed E-state index contributed by atoms with van der Waals surface area (Å²) in [5.41, 5.74) is 0.920. The Balaban J connectivity index is 1.15. The van der Waals surface area contributed by atoms with Crippen LogP contribution in [0.1, 0.15) is 65.7 Å². The molecule has 2 aromatic carbocycles. The highest BCUT2D eigenvalue weighted by Gasteiger charge is 2.39. The first-order valence-electron chi connectivity index (χ1n) is 12.8.